The summed E-state index contributed by atoms with van der Waals surface area (Å²) in [5, 5.41) is 11.5. The van der Waals surface area contributed by atoms with E-state index in [2.05, 4.69) is 15.5 Å². The van der Waals surface area contributed by atoms with Gasteiger partial charge in [-0.3, -0.25) is 0 Å². The summed E-state index contributed by atoms with van der Waals surface area (Å²) < 4.78 is 40.2. The van der Waals surface area contributed by atoms with Gasteiger partial charge in [-0.05, 0) is 19.3 Å². The molecule has 0 aromatic carbocycles. The zero-order chi connectivity index (χ0) is 14.2. The largest absolute Gasteiger partial charge is 0.393 e. The Morgan fingerprint density at radius 1 is 1.15 bits per heavy atom. The summed E-state index contributed by atoms with van der Waals surface area (Å²) in [6.07, 6.45) is 1.10. The summed E-state index contributed by atoms with van der Waals surface area (Å²) in [4.78, 5) is 0. The molecule has 20 heavy (non-hydrogen) atoms. The Morgan fingerprint density at radius 2 is 1.90 bits per heavy atom. The highest BCUT2D eigenvalue weighted by atomic mass is 19.4. The minimum atomic E-state index is -4.13. The molecule has 7 heteroatoms. The molecular formula is C13H19F3N4. The van der Waals surface area contributed by atoms with E-state index in [9.17, 15) is 13.2 Å². The Balaban J connectivity index is 1.67. The Morgan fingerprint density at radius 3 is 2.60 bits per heavy atom. The van der Waals surface area contributed by atoms with E-state index in [1.54, 1.807) is 4.57 Å². The van der Waals surface area contributed by atoms with Crippen molar-refractivity contribution in [3.05, 3.63) is 11.6 Å². The van der Waals surface area contributed by atoms with Gasteiger partial charge in [0.05, 0.1) is 12.5 Å². The van der Waals surface area contributed by atoms with E-state index < -0.39 is 12.1 Å². The third-order valence-corrected chi connectivity index (χ3v) is 4.39. The topological polar surface area (TPSA) is 42.7 Å². The van der Waals surface area contributed by atoms with Gasteiger partial charge in [0.2, 0.25) is 0 Å². The molecule has 1 aromatic heterocycles. The van der Waals surface area contributed by atoms with Gasteiger partial charge >= 0.3 is 6.18 Å². The molecule has 0 spiro atoms. The summed E-state index contributed by atoms with van der Waals surface area (Å²) in [6.45, 7) is 0.482. The predicted molar refractivity (Wildman–Crippen MR) is 67.0 cm³/mol. The molecule has 0 unspecified atom stereocenters. The summed E-state index contributed by atoms with van der Waals surface area (Å²) in [6, 6.07) is 0.477. The van der Waals surface area contributed by atoms with Crippen LogP contribution in [-0.2, 0) is 19.5 Å². The van der Waals surface area contributed by atoms with Gasteiger partial charge in [0.1, 0.15) is 11.6 Å². The molecule has 2 heterocycles. The number of aryl methyl sites for hydroxylation is 1. The van der Waals surface area contributed by atoms with E-state index in [1.165, 1.54) is 12.8 Å². The van der Waals surface area contributed by atoms with Crippen LogP contribution in [0.5, 0.6) is 0 Å². The van der Waals surface area contributed by atoms with E-state index in [0.29, 0.717) is 30.7 Å². The van der Waals surface area contributed by atoms with E-state index in [0.717, 1.165) is 12.8 Å². The van der Waals surface area contributed by atoms with Crippen LogP contribution >= 0.6 is 0 Å². The second-order valence-corrected chi connectivity index (χ2v) is 5.78. The predicted octanol–water partition coefficient (Wildman–Crippen LogP) is 2.44. The summed E-state index contributed by atoms with van der Waals surface area (Å²) in [5.74, 6) is 0.0609. The van der Waals surface area contributed by atoms with Crippen molar-refractivity contribution in [2.75, 3.05) is 0 Å². The van der Waals surface area contributed by atoms with Crippen LogP contribution in [0.25, 0.3) is 0 Å². The van der Waals surface area contributed by atoms with E-state index in [-0.39, 0.29) is 13.0 Å². The van der Waals surface area contributed by atoms with Crippen molar-refractivity contribution in [2.45, 2.75) is 63.8 Å². The summed E-state index contributed by atoms with van der Waals surface area (Å²) in [5.41, 5.74) is 0. The van der Waals surface area contributed by atoms with Gasteiger partial charge in [0.25, 0.3) is 0 Å². The van der Waals surface area contributed by atoms with Gasteiger partial charge in [-0.1, -0.05) is 12.8 Å². The highest BCUT2D eigenvalue weighted by Crippen LogP contribution is 2.34. The van der Waals surface area contributed by atoms with Crippen molar-refractivity contribution in [1.29, 1.82) is 0 Å². The second-order valence-electron chi connectivity index (χ2n) is 5.78. The van der Waals surface area contributed by atoms with E-state index in [1.807, 2.05) is 0 Å². The molecule has 1 saturated carbocycles. The monoisotopic (exact) mass is 288 g/mol. The number of nitrogens with one attached hydrogen (secondary N) is 1. The third-order valence-electron chi connectivity index (χ3n) is 4.39. The zero-order valence-electron chi connectivity index (χ0n) is 11.3. The number of alkyl halides is 3. The average molecular weight is 288 g/mol. The number of nitrogens with zero attached hydrogens (tertiary/aromatic N) is 3. The minimum absolute atomic E-state index is 0.0342. The number of aromatic nitrogens is 3. The fourth-order valence-electron chi connectivity index (χ4n) is 3.15. The minimum Gasteiger partial charge on any atom is -0.313 e. The fourth-order valence-corrected chi connectivity index (χ4v) is 3.15. The first-order valence-corrected chi connectivity index (χ1v) is 7.25. The molecule has 0 amide bonds. The molecule has 4 nitrogen and oxygen atoms in total. The van der Waals surface area contributed by atoms with Gasteiger partial charge < -0.3 is 9.88 Å². The van der Waals surface area contributed by atoms with Crippen molar-refractivity contribution in [2.24, 2.45) is 5.92 Å². The Kier molecular flexibility index (Phi) is 3.70. The Bertz CT molecular complexity index is 463. The first-order valence-electron chi connectivity index (χ1n) is 7.25. The Hall–Kier alpha value is -1.11. The summed E-state index contributed by atoms with van der Waals surface area (Å²) >= 11 is 0. The van der Waals surface area contributed by atoms with Gasteiger partial charge in [-0.2, -0.15) is 13.2 Å². The number of rotatable bonds is 3. The molecule has 1 aliphatic carbocycles. The van der Waals surface area contributed by atoms with Crippen LogP contribution in [0.1, 0.15) is 43.8 Å². The zero-order valence-corrected chi connectivity index (χ0v) is 11.3. The first-order chi connectivity index (χ1) is 9.54. The first kappa shape index (κ1) is 13.9. The lowest BCUT2D eigenvalue weighted by atomic mass is 9.99. The summed E-state index contributed by atoms with van der Waals surface area (Å²) in [7, 11) is 0. The highest BCUT2D eigenvalue weighted by Gasteiger charge is 2.42. The van der Waals surface area contributed by atoms with Gasteiger partial charge in [0.15, 0.2) is 0 Å². The van der Waals surface area contributed by atoms with Crippen LogP contribution in [0.4, 0.5) is 13.2 Å². The number of halogens is 3. The van der Waals surface area contributed by atoms with E-state index >= 15 is 0 Å². The van der Waals surface area contributed by atoms with Crippen LogP contribution in [0.15, 0.2) is 0 Å². The van der Waals surface area contributed by atoms with Gasteiger partial charge in [-0.15, -0.1) is 10.2 Å². The van der Waals surface area contributed by atoms with Gasteiger partial charge in [-0.25, -0.2) is 0 Å². The van der Waals surface area contributed by atoms with Crippen LogP contribution in [0.3, 0.4) is 0 Å². The Labute approximate surface area is 115 Å². The maximum Gasteiger partial charge on any atom is 0.393 e. The standard InChI is InChI=1S/C13H19F3N4/c14-13(15,16)9-5-6-11-18-19-12(20(11)8-9)7-17-10-3-1-2-4-10/h9-10,17H,1-8H2/t9-/m1/s1. The molecule has 1 aliphatic heterocycles. The molecule has 112 valence electrons. The maximum atomic E-state index is 12.8. The fraction of sp³-hybridized carbons (Fsp3) is 0.846. The molecule has 1 atom stereocenters. The van der Waals surface area contributed by atoms with Crippen LogP contribution in [0, 0.1) is 5.92 Å². The lowest BCUT2D eigenvalue weighted by molar-refractivity contribution is -0.182. The normalized spacial score (nSPS) is 24.1. The van der Waals surface area contributed by atoms with Crippen LogP contribution in [0.2, 0.25) is 0 Å². The smallest absolute Gasteiger partial charge is 0.313 e. The quantitative estimate of drug-likeness (QED) is 0.929. The molecule has 0 radical (unpaired) electrons. The number of hydrogen-bond donors (Lipinski definition) is 1. The van der Waals surface area contributed by atoms with Crippen LogP contribution < -0.4 is 5.32 Å². The highest BCUT2D eigenvalue weighted by molar-refractivity contribution is 5.01. The van der Waals surface area contributed by atoms with Crippen molar-refractivity contribution < 1.29 is 13.2 Å². The van der Waals surface area contributed by atoms with E-state index in [4.69, 9.17) is 0 Å². The molecule has 0 bridgehead atoms. The lowest BCUT2D eigenvalue weighted by Gasteiger charge is -2.26. The number of fused-ring (bicyclic) bond motifs is 1. The van der Waals surface area contributed by atoms with Crippen molar-refractivity contribution in [3.8, 4) is 0 Å². The SMILES string of the molecule is FC(F)(F)[C@@H]1CCc2nnc(CNC3CCCC3)n2C1. The molecule has 1 fully saturated rings. The van der Waals surface area contributed by atoms with Crippen molar-refractivity contribution in [1.82, 2.24) is 20.1 Å². The second kappa shape index (κ2) is 5.35. The lowest BCUT2D eigenvalue weighted by Crippen LogP contribution is -2.34. The molecule has 1 N–H and O–H groups in total. The molecule has 0 saturated heterocycles. The molecule has 3 rings (SSSR count). The maximum absolute atomic E-state index is 12.8. The average Bonchev–Trinajstić information content (AvgIpc) is 3.04. The molecular weight excluding hydrogens is 269 g/mol. The number of hydrogen-bond acceptors (Lipinski definition) is 3. The molecule has 1 aromatic rings. The molecule has 2 aliphatic rings. The third kappa shape index (κ3) is 2.82. The van der Waals surface area contributed by atoms with Gasteiger partial charge in [0, 0.05) is 19.0 Å². The van der Waals surface area contributed by atoms with Crippen molar-refractivity contribution in [3.63, 3.8) is 0 Å². The van der Waals surface area contributed by atoms with Crippen molar-refractivity contribution >= 4 is 0 Å². The van der Waals surface area contributed by atoms with Crippen LogP contribution in [-0.4, -0.2) is 27.0 Å².